The molecule has 0 aliphatic heterocycles. The molecule has 0 spiro atoms. The minimum Gasteiger partial charge on any atom is -0.382 e. The summed E-state index contributed by atoms with van der Waals surface area (Å²) in [6, 6.07) is 14.1. The van der Waals surface area contributed by atoms with Gasteiger partial charge in [-0.15, -0.1) is 0 Å². The molecule has 0 aliphatic carbocycles. The topological polar surface area (TPSA) is 51.8 Å². The Kier molecular flexibility index (Phi) is 3.70. The third kappa shape index (κ3) is 2.95. The molecule has 0 radical (unpaired) electrons. The Labute approximate surface area is 124 Å². The Balaban J connectivity index is 2.01. The van der Waals surface area contributed by atoms with Crippen molar-refractivity contribution in [1.82, 2.24) is 9.97 Å². The Bertz CT molecular complexity index is 775. The van der Waals surface area contributed by atoms with E-state index in [9.17, 15) is 8.78 Å². The molecule has 6 heteroatoms. The van der Waals surface area contributed by atoms with Gasteiger partial charge in [-0.2, -0.15) is 8.78 Å². The van der Waals surface area contributed by atoms with Crippen molar-refractivity contribution in [2.45, 2.75) is 10.7 Å². The lowest BCUT2D eigenvalue weighted by molar-refractivity contribution is 0.252. The SMILES string of the molecule is Nc1nc2ccccc2nc1-c1ccc(SC(F)F)cc1. The second kappa shape index (κ2) is 5.65. The average Bonchev–Trinajstić information content (AvgIpc) is 2.47. The van der Waals surface area contributed by atoms with Crippen LogP contribution in [0.5, 0.6) is 0 Å². The molecule has 3 aromatic rings. The minimum absolute atomic E-state index is 0.322. The summed E-state index contributed by atoms with van der Waals surface area (Å²) < 4.78 is 24.6. The van der Waals surface area contributed by atoms with Gasteiger partial charge in [0.05, 0.1) is 11.0 Å². The van der Waals surface area contributed by atoms with E-state index in [-0.39, 0.29) is 0 Å². The number of nitrogens with zero attached hydrogens (tertiary/aromatic N) is 2. The number of fused-ring (bicyclic) bond motifs is 1. The molecule has 0 atom stereocenters. The number of hydrogen-bond donors (Lipinski definition) is 1. The number of thioether (sulfide) groups is 1. The van der Waals surface area contributed by atoms with Crippen LogP contribution >= 0.6 is 11.8 Å². The number of halogens is 2. The number of aromatic nitrogens is 2. The summed E-state index contributed by atoms with van der Waals surface area (Å²) in [6.45, 7) is 0. The zero-order valence-electron chi connectivity index (χ0n) is 10.8. The molecule has 1 heterocycles. The number of benzene rings is 2. The lowest BCUT2D eigenvalue weighted by Gasteiger charge is -2.07. The van der Waals surface area contributed by atoms with Gasteiger partial charge in [-0.3, -0.25) is 0 Å². The van der Waals surface area contributed by atoms with Gasteiger partial charge in [0, 0.05) is 10.5 Å². The quantitative estimate of drug-likeness (QED) is 0.737. The summed E-state index contributed by atoms with van der Waals surface area (Å²) >= 11 is 0.508. The molecule has 0 aliphatic rings. The van der Waals surface area contributed by atoms with Crippen molar-refractivity contribution in [3.05, 3.63) is 48.5 Å². The van der Waals surface area contributed by atoms with E-state index in [4.69, 9.17) is 5.73 Å². The Morgan fingerprint density at radius 1 is 0.905 bits per heavy atom. The maximum absolute atomic E-state index is 12.3. The standard InChI is InChI=1S/C15H11F2N3S/c16-15(17)21-10-7-5-9(6-8-10)13-14(18)20-12-4-2-1-3-11(12)19-13/h1-8,15H,(H2,18,20). The number of rotatable bonds is 3. The van der Waals surface area contributed by atoms with Gasteiger partial charge in [0.25, 0.3) is 5.76 Å². The normalized spacial score (nSPS) is 11.2. The molecular formula is C15H11F2N3S. The number of para-hydroxylation sites is 2. The molecule has 21 heavy (non-hydrogen) atoms. The Morgan fingerprint density at radius 2 is 1.52 bits per heavy atom. The van der Waals surface area contributed by atoms with Crippen molar-refractivity contribution >= 4 is 28.6 Å². The highest BCUT2D eigenvalue weighted by Crippen LogP contribution is 2.29. The van der Waals surface area contributed by atoms with Crippen LogP contribution in [-0.2, 0) is 0 Å². The fourth-order valence-corrected chi connectivity index (χ4v) is 2.52. The third-order valence-electron chi connectivity index (χ3n) is 2.95. The number of nitrogen functional groups attached to an aromatic ring is 1. The van der Waals surface area contributed by atoms with Gasteiger partial charge in [-0.25, -0.2) is 9.97 Å². The second-order valence-corrected chi connectivity index (χ2v) is 5.41. The van der Waals surface area contributed by atoms with E-state index in [0.29, 0.717) is 28.2 Å². The van der Waals surface area contributed by atoms with Crippen LogP contribution in [0.25, 0.3) is 22.3 Å². The fourth-order valence-electron chi connectivity index (χ4n) is 2.02. The highest BCUT2D eigenvalue weighted by Gasteiger charge is 2.10. The van der Waals surface area contributed by atoms with Crippen LogP contribution in [0.2, 0.25) is 0 Å². The smallest absolute Gasteiger partial charge is 0.288 e. The molecule has 2 aromatic carbocycles. The number of alkyl halides is 2. The largest absolute Gasteiger partial charge is 0.382 e. The molecule has 3 rings (SSSR count). The highest BCUT2D eigenvalue weighted by molar-refractivity contribution is 7.99. The second-order valence-electron chi connectivity index (χ2n) is 4.35. The molecule has 0 bridgehead atoms. The van der Waals surface area contributed by atoms with Crippen molar-refractivity contribution in [2.24, 2.45) is 0 Å². The van der Waals surface area contributed by atoms with Gasteiger partial charge >= 0.3 is 0 Å². The first kappa shape index (κ1) is 13.8. The van der Waals surface area contributed by atoms with Crippen LogP contribution in [0, 0.1) is 0 Å². The van der Waals surface area contributed by atoms with Crippen LogP contribution in [0.3, 0.4) is 0 Å². The predicted molar refractivity (Wildman–Crippen MR) is 81.2 cm³/mol. The summed E-state index contributed by atoms with van der Waals surface area (Å²) in [5, 5.41) is 0. The molecule has 3 nitrogen and oxygen atoms in total. The van der Waals surface area contributed by atoms with Crippen molar-refractivity contribution in [2.75, 3.05) is 5.73 Å². The predicted octanol–water partition coefficient (Wildman–Crippen LogP) is 4.19. The summed E-state index contributed by atoms with van der Waals surface area (Å²) in [6.07, 6.45) is 0. The first-order valence-electron chi connectivity index (χ1n) is 6.21. The monoisotopic (exact) mass is 303 g/mol. The molecule has 0 amide bonds. The molecule has 2 N–H and O–H groups in total. The molecule has 106 valence electrons. The van der Waals surface area contributed by atoms with Crippen molar-refractivity contribution < 1.29 is 8.78 Å². The van der Waals surface area contributed by atoms with Gasteiger partial charge in [0.1, 0.15) is 5.69 Å². The van der Waals surface area contributed by atoms with Crippen LogP contribution in [-0.4, -0.2) is 15.7 Å². The fraction of sp³-hybridized carbons (Fsp3) is 0.0667. The van der Waals surface area contributed by atoms with E-state index >= 15 is 0 Å². The molecule has 0 unspecified atom stereocenters. The van der Waals surface area contributed by atoms with E-state index in [1.807, 2.05) is 24.3 Å². The zero-order chi connectivity index (χ0) is 14.8. The molecule has 0 fully saturated rings. The highest BCUT2D eigenvalue weighted by atomic mass is 32.2. The van der Waals surface area contributed by atoms with E-state index in [0.717, 1.165) is 16.6 Å². The third-order valence-corrected chi connectivity index (χ3v) is 3.67. The number of nitrogens with two attached hydrogens (primary N) is 1. The van der Waals surface area contributed by atoms with E-state index in [1.54, 1.807) is 24.3 Å². The van der Waals surface area contributed by atoms with Crippen molar-refractivity contribution in [3.8, 4) is 11.3 Å². The van der Waals surface area contributed by atoms with Crippen LogP contribution in [0.1, 0.15) is 0 Å². The van der Waals surface area contributed by atoms with Gasteiger partial charge in [-0.05, 0) is 24.3 Å². The molecular weight excluding hydrogens is 292 g/mol. The lowest BCUT2D eigenvalue weighted by atomic mass is 10.1. The maximum atomic E-state index is 12.3. The number of hydrogen-bond acceptors (Lipinski definition) is 4. The average molecular weight is 303 g/mol. The Hall–Kier alpha value is -2.21. The lowest BCUT2D eigenvalue weighted by Crippen LogP contribution is -1.98. The summed E-state index contributed by atoms with van der Waals surface area (Å²) in [5.74, 6) is -2.11. The first-order chi connectivity index (χ1) is 10.1. The van der Waals surface area contributed by atoms with Gasteiger partial charge in [0.2, 0.25) is 0 Å². The van der Waals surface area contributed by atoms with E-state index in [1.165, 1.54) is 0 Å². The van der Waals surface area contributed by atoms with Gasteiger partial charge in [-0.1, -0.05) is 36.0 Å². The first-order valence-corrected chi connectivity index (χ1v) is 7.09. The van der Waals surface area contributed by atoms with Gasteiger partial charge < -0.3 is 5.73 Å². The van der Waals surface area contributed by atoms with E-state index < -0.39 is 5.76 Å². The molecule has 1 aromatic heterocycles. The van der Waals surface area contributed by atoms with E-state index in [2.05, 4.69) is 9.97 Å². The van der Waals surface area contributed by atoms with Crippen LogP contribution in [0.4, 0.5) is 14.6 Å². The van der Waals surface area contributed by atoms with Crippen molar-refractivity contribution in [1.29, 1.82) is 0 Å². The van der Waals surface area contributed by atoms with Crippen LogP contribution in [0.15, 0.2) is 53.4 Å². The summed E-state index contributed by atoms with van der Waals surface area (Å²) in [5.41, 5.74) is 8.72. The summed E-state index contributed by atoms with van der Waals surface area (Å²) in [4.78, 5) is 9.31. The maximum Gasteiger partial charge on any atom is 0.288 e. The van der Waals surface area contributed by atoms with Crippen molar-refractivity contribution in [3.63, 3.8) is 0 Å². The minimum atomic E-state index is -2.43. The zero-order valence-corrected chi connectivity index (χ0v) is 11.6. The van der Waals surface area contributed by atoms with Gasteiger partial charge in [0.15, 0.2) is 5.82 Å². The van der Waals surface area contributed by atoms with Crippen LogP contribution < -0.4 is 5.73 Å². The number of anilines is 1. The summed E-state index contributed by atoms with van der Waals surface area (Å²) in [7, 11) is 0. The Morgan fingerprint density at radius 3 is 2.14 bits per heavy atom. The molecule has 0 saturated heterocycles. The molecule has 0 saturated carbocycles.